The molecule has 1 heterocycles. The second kappa shape index (κ2) is 6.89. The van der Waals surface area contributed by atoms with Crippen LogP contribution in [-0.2, 0) is 16.0 Å². The largest absolute Gasteiger partial charge is 0.449 e. The molecule has 0 spiro atoms. The van der Waals surface area contributed by atoms with Crippen LogP contribution in [0.3, 0.4) is 0 Å². The summed E-state index contributed by atoms with van der Waals surface area (Å²) in [6, 6.07) is 8.97. The van der Waals surface area contributed by atoms with Gasteiger partial charge in [0.25, 0.3) is 5.91 Å². The topological polar surface area (TPSA) is 81.4 Å². The Morgan fingerprint density at radius 3 is 2.64 bits per heavy atom. The molecule has 1 aromatic heterocycles. The van der Waals surface area contributed by atoms with Crippen molar-refractivity contribution in [3.8, 4) is 0 Å². The van der Waals surface area contributed by atoms with Gasteiger partial charge in [0, 0.05) is 5.69 Å². The van der Waals surface area contributed by atoms with Crippen molar-refractivity contribution in [1.82, 2.24) is 5.16 Å². The van der Waals surface area contributed by atoms with Crippen LogP contribution in [0.25, 0.3) is 0 Å². The van der Waals surface area contributed by atoms with E-state index in [0.29, 0.717) is 29.1 Å². The number of anilines is 1. The molecule has 0 saturated heterocycles. The Hall–Kier alpha value is -2.63. The number of amides is 1. The number of hydrogen-bond donors (Lipinski definition) is 1. The number of rotatable bonds is 5. The maximum absolute atomic E-state index is 12.2. The fourth-order valence-corrected chi connectivity index (χ4v) is 1.96. The zero-order valence-corrected chi connectivity index (χ0v) is 12.8. The Labute approximate surface area is 128 Å². The maximum Gasteiger partial charge on any atom is 0.344 e. The predicted molar refractivity (Wildman–Crippen MR) is 80.6 cm³/mol. The summed E-state index contributed by atoms with van der Waals surface area (Å²) in [5, 5.41) is 6.48. The molecule has 0 aliphatic heterocycles. The van der Waals surface area contributed by atoms with Crippen LogP contribution in [0.5, 0.6) is 0 Å². The lowest BCUT2D eigenvalue weighted by Crippen LogP contribution is -2.30. The number of para-hydroxylation sites is 1. The standard InChI is InChI=1S/C16H18N2O4/c1-4-13-14(10(2)22-18-13)16(20)21-11(3)15(19)17-12-8-6-5-7-9-12/h5-9,11H,4H2,1-3H3,(H,17,19)/t11-/m0/s1. The first-order chi connectivity index (χ1) is 10.5. The molecular formula is C16H18N2O4. The summed E-state index contributed by atoms with van der Waals surface area (Å²) in [5.41, 5.74) is 1.46. The van der Waals surface area contributed by atoms with Crippen molar-refractivity contribution < 1.29 is 18.8 Å². The normalized spacial score (nSPS) is 11.8. The summed E-state index contributed by atoms with van der Waals surface area (Å²) in [5.74, 6) is -0.615. The third-order valence-electron chi connectivity index (χ3n) is 3.17. The molecule has 1 amide bonds. The number of aryl methyl sites for hydroxylation is 2. The van der Waals surface area contributed by atoms with Gasteiger partial charge in [-0.15, -0.1) is 0 Å². The molecule has 116 valence electrons. The van der Waals surface area contributed by atoms with E-state index in [9.17, 15) is 9.59 Å². The smallest absolute Gasteiger partial charge is 0.344 e. The fraction of sp³-hybridized carbons (Fsp3) is 0.312. The molecule has 6 nitrogen and oxygen atoms in total. The highest BCUT2D eigenvalue weighted by atomic mass is 16.5. The summed E-state index contributed by atoms with van der Waals surface area (Å²) >= 11 is 0. The minimum Gasteiger partial charge on any atom is -0.449 e. The summed E-state index contributed by atoms with van der Waals surface area (Å²) in [4.78, 5) is 24.2. The van der Waals surface area contributed by atoms with Crippen LogP contribution < -0.4 is 5.32 Å². The van der Waals surface area contributed by atoms with Gasteiger partial charge in [-0.25, -0.2) is 4.79 Å². The van der Waals surface area contributed by atoms with Crippen molar-refractivity contribution in [1.29, 1.82) is 0 Å². The van der Waals surface area contributed by atoms with Crippen LogP contribution in [0.1, 0.15) is 35.7 Å². The van der Waals surface area contributed by atoms with Crippen LogP contribution in [0, 0.1) is 6.92 Å². The van der Waals surface area contributed by atoms with E-state index in [-0.39, 0.29) is 0 Å². The molecule has 1 atom stereocenters. The maximum atomic E-state index is 12.2. The molecule has 0 saturated carbocycles. The number of benzene rings is 1. The van der Waals surface area contributed by atoms with E-state index in [1.807, 2.05) is 13.0 Å². The van der Waals surface area contributed by atoms with E-state index in [4.69, 9.17) is 9.26 Å². The second-order valence-electron chi connectivity index (χ2n) is 4.82. The zero-order chi connectivity index (χ0) is 16.1. The quantitative estimate of drug-likeness (QED) is 0.859. The van der Waals surface area contributed by atoms with Crippen molar-refractivity contribution in [3.05, 3.63) is 47.3 Å². The van der Waals surface area contributed by atoms with Gasteiger partial charge in [0.2, 0.25) is 0 Å². The van der Waals surface area contributed by atoms with Gasteiger partial charge in [0.05, 0.1) is 5.69 Å². The number of hydrogen-bond acceptors (Lipinski definition) is 5. The molecule has 0 radical (unpaired) electrons. The van der Waals surface area contributed by atoms with Gasteiger partial charge in [-0.2, -0.15) is 0 Å². The van der Waals surface area contributed by atoms with E-state index in [2.05, 4.69) is 10.5 Å². The van der Waals surface area contributed by atoms with Crippen LogP contribution in [0.2, 0.25) is 0 Å². The predicted octanol–water partition coefficient (Wildman–Crippen LogP) is 2.73. The molecule has 0 unspecified atom stereocenters. The summed E-state index contributed by atoms with van der Waals surface area (Å²) in [7, 11) is 0. The highest BCUT2D eigenvalue weighted by Crippen LogP contribution is 2.16. The Morgan fingerprint density at radius 2 is 2.00 bits per heavy atom. The van der Waals surface area contributed by atoms with Crippen molar-refractivity contribution in [2.45, 2.75) is 33.3 Å². The zero-order valence-electron chi connectivity index (χ0n) is 12.8. The molecule has 2 rings (SSSR count). The number of carbonyl (C=O) groups is 2. The third kappa shape index (κ3) is 3.52. The van der Waals surface area contributed by atoms with Crippen LogP contribution in [-0.4, -0.2) is 23.1 Å². The van der Waals surface area contributed by atoms with Crippen LogP contribution >= 0.6 is 0 Å². The number of ether oxygens (including phenoxy) is 1. The third-order valence-corrected chi connectivity index (χ3v) is 3.17. The molecule has 2 aromatic rings. The van der Waals surface area contributed by atoms with Crippen molar-refractivity contribution in [3.63, 3.8) is 0 Å². The molecule has 0 bridgehead atoms. The molecular weight excluding hydrogens is 284 g/mol. The highest BCUT2D eigenvalue weighted by molar-refractivity contribution is 5.98. The van der Waals surface area contributed by atoms with Gasteiger partial charge in [-0.3, -0.25) is 4.79 Å². The van der Waals surface area contributed by atoms with Gasteiger partial charge in [0.1, 0.15) is 11.3 Å². The van der Waals surface area contributed by atoms with Crippen molar-refractivity contribution in [2.75, 3.05) is 5.32 Å². The van der Waals surface area contributed by atoms with Gasteiger partial charge in [-0.1, -0.05) is 30.3 Å². The first-order valence-electron chi connectivity index (χ1n) is 7.05. The number of nitrogens with one attached hydrogen (secondary N) is 1. The van der Waals surface area contributed by atoms with E-state index in [1.54, 1.807) is 31.2 Å². The molecule has 0 aliphatic carbocycles. The lowest BCUT2D eigenvalue weighted by molar-refractivity contribution is -0.123. The Balaban J connectivity index is 2.02. The van der Waals surface area contributed by atoms with E-state index in [1.165, 1.54) is 6.92 Å². The lowest BCUT2D eigenvalue weighted by Gasteiger charge is -2.13. The molecule has 0 fully saturated rings. The Kier molecular flexibility index (Phi) is 4.93. The Morgan fingerprint density at radius 1 is 1.32 bits per heavy atom. The summed E-state index contributed by atoms with van der Waals surface area (Å²) < 4.78 is 10.2. The van der Waals surface area contributed by atoms with Crippen LogP contribution in [0.15, 0.2) is 34.9 Å². The summed E-state index contributed by atoms with van der Waals surface area (Å²) in [6.45, 7) is 5.02. The van der Waals surface area contributed by atoms with Gasteiger partial charge in [-0.05, 0) is 32.4 Å². The fourth-order valence-electron chi connectivity index (χ4n) is 1.96. The molecule has 0 aliphatic rings. The lowest BCUT2D eigenvalue weighted by atomic mass is 10.1. The Bertz CT molecular complexity index is 664. The number of nitrogens with zero attached hydrogens (tertiary/aromatic N) is 1. The monoisotopic (exact) mass is 302 g/mol. The average Bonchev–Trinajstić information content (AvgIpc) is 2.89. The highest BCUT2D eigenvalue weighted by Gasteiger charge is 2.25. The number of esters is 1. The number of carbonyl (C=O) groups excluding carboxylic acids is 2. The van der Waals surface area contributed by atoms with Gasteiger partial charge < -0.3 is 14.6 Å². The SMILES string of the molecule is CCc1noc(C)c1C(=O)O[C@@H](C)C(=O)Nc1ccccc1. The van der Waals surface area contributed by atoms with Crippen molar-refractivity contribution in [2.24, 2.45) is 0 Å². The molecule has 6 heteroatoms. The van der Waals surface area contributed by atoms with Crippen LogP contribution in [0.4, 0.5) is 5.69 Å². The van der Waals surface area contributed by atoms with Gasteiger partial charge >= 0.3 is 5.97 Å². The van der Waals surface area contributed by atoms with Crippen molar-refractivity contribution >= 4 is 17.6 Å². The van der Waals surface area contributed by atoms with E-state index >= 15 is 0 Å². The number of aromatic nitrogens is 1. The molecule has 1 N–H and O–H groups in total. The minimum atomic E-state index is -0.924. The first kappa shape index (κ1) is 15.8. The van der Waals surface area contributed by atoms with Gasteiger partial charge in [0.15, 0.2) is 6.10 Å². The molecule has 1 aromatic carbocycles. The summed E-state index contributed by atoms with van der Waals surface area (Å²) in [6.07, 6.45) is -0.376. The average molecular weight is 302 g/mol. The molecule has 22 heavy (non-hydrogen) atoms. The van der Waals surface area contributed by atoms with E-state index < -0.39 is 18.0 Å². The second-order valence-corrected chi connectivity index (χ2v) is 4.82. The van der Waals surface area contributed by atoms with E-state index in [0.717, 1.165) is 0 Å². The first-order valence-corrected chi connectivity index (χ1v) is 7.05. The minimum absolute atomic E-state index is 0.293.